The lowest BCUT2D eigenvalue weighted by molar-refractivity contribution is -0.151. The molecule has 1 atom stereocenters. The summed E-state index contributed by atoms with van der Waals surface area (Å²) in [6.45, 7) is 3.50. The Morgan fingerprint density at radius 1 is 1.32 bits per heavy atom. The Bertz CT molecular complexity index is 796. The lowest BCUT2D eigenvalue weighted by atomic mass is 9.98. The van der Waals surface area contributed by atoms with Gasteiger partial charge in [-0.25, -0.2) is 4.98 Å². The van der Waals surface area contributed by atoms with Gasteiger partial charge >= 0.3 is 5.97 Å². The number of piperidine rings is 1. The van der Waals surface area contributed by atoms with Crippen molar-refractivity contribution >= 4 is 28.5 Å². The van der Waals surface area contributed by atoms with Crippen LogP contribution in [-0.2, 0) is 20.7 Å². The van der Waals surface area contributed by atoms with Crippen LogP contribution in [-0.4, -0.2) is 59.4 Å². The first-order valence-corrected chi connectivity index (χ1v) is 10.4. The average molecular weight is 403 g/mol. The van der Waals surface area contributed by atoms with Gasteiger partial charge in [-0.1, -0.05) is 30.3 Å². The zero-order valence-electron chi connectivity index (χ0n) is 16.3. The molecule has 0 unspecified atom stereocenters. The van der Waals surface area contributed by atoms with Gasteiger partial charge in [-0.3, -0.25) is 9.59 Å². The summed E-state index contributed by atoms with van der Waals surface area (Å²) in [4.78, 5) is 32.8. The van der Waals surface area contributed by atoms with E-state index in [1.807, 2.05) is 42.3 Å². The summed E-state index contributed by atoms with van der Waals surface area (Å²) in [5.41, 5.74) is 1.16. The highest BCUT2D eigenvalue weighted by Gasteiger charge is 2.29. The van der Waals surface area contributed by atoms with Crippen molar-refractivity contribution in [2.24, 2.45) is 5.92 Å². The molecule has 150 valence electrons. The van der Waals surface area contributed by atoms with Crippen molar-refractivity contribution in [3.05, 3.63) is 41.7 Å². The summed E-state index contributed by atoms with van der Waals surface area (Å²) < 4.78 is 9.52. The summed E-state index contributed by atoms with van der Waals surface area (Å²) in [6.07, 6.45) is 2.27. The molecule has 0 saturated carbocycles. The SMILES string of the molecule is CCOC(=O)[C@@H]1CCCN(C(=O)CN(C)c2nc(Cc3ccccc3)ns2)C1. The second-order valence-electron chi connectivity index (χ2n) is 6.94. The molecule has 1 saturated heterocycles. The molecule has 7 nitrogen and oxygen atoms in total. The largest absolute Gasteiger partial charge is 0.466 e. The van der Waals surface area contributed by atoms with Gasteiger partial charge < -0.3 is 14.5 Å². The summed E-state index contributed by atoms with van der Waals surface area (Å²) in [5, 5.41) is 0.721. The lowest BCUT2D eigenvalue weighted by Gasteiger charge is -2.32. The predicted molar refractivity (Wildman–Crippen MR) is 108 cm³/mol. The van der Waals surface area contributed by atoms with Crippen molar-refractivity contribution in [2.45, 2.75) is 26.2 Å². The van der Waals surface area contributed by atoms with E-state index in [0.717, 1.165) is 29.4 Å². The van der Waals surface area contributed by atoms with E-state index in [4.69, 9.17) is 4.74 Å². The number of likely N-dealkylation sites (tertiary alicyclic amines) is 1. The van der Waals surface area contributed by atoms with E-state index >= 15 is 0 Å². The van der Waals surface area contributed by atoms with E-state index in [2.05, 4.69) is 9.36 Å². The first-order valence-electron chi connectivity index (χ1n) is 9.59. The van der Waals surface area contributed by atoms with Crippen molar-refractivity contribution < 1.29 is 14.3 Å². The van der Waals surface area contributed by atoms with Gasteiger partial charge in [0.05, 0.1) is 19.1 Å². The minimum atomic E-state index is -0.220. The normalized spacial score (nSPS) is 16.6. The number of rotatable bonds is 7. The first kappa shape index (κ1) is 20.3. The van der Waals surface area contributed by atoms with Crippen LogP contribution in [0, 0.1) is 5.92 Å². The van der Waals surface area contributed by atoms with Gasteiger partial charge in [-0.15, -0.1) is 0 Å². The number of hydrogen-bond acceptors (Lipinski definition) is 7. The number of aromatic nitrogens is 2. The molecule has 1 aliphatic rings. The predicted octanol–water partition coefficient (Wildman–Crippen LogP) is 2.37. The molecule has 0 bridgehead atoms. The van der Waals surface area contributed by atoms with Crippen LogP contribution in [0.15, 0.2) is 30.3 Å². The topological polar surface area (TPSA) is 75.6 Å². The number of benzene rings is 1. The third kappa shape index (κ3) is 5.28. The van der Waals surface area contributed by atoms with Crippen molar-refractivity contribution in [3.8, 4) is 0 Å². The fraction of sp³-hybridized carbons (Fsp3) is 0.500. The van der Waals surface area contributed by atoms with E-state index in [0.29, 0.717) is 26.1 Å². The molecule has 8 heteroatoms. The molecular weight excluding hydrogens is 376 g/mol. The summed E-state index contributed by atoms with van der Waals surface area (Å²) in [7, 11) is 1.84. The van der Waals surface area contributed by atoms with Gasteiger partial charge in [-0.05, 0) is 25.3 Å². The van der Waals surface area contributed by atoms with E-state index in [-0.39, 0.29) is 24.3 Å². The minimum absolute atomic E-state index is 0.00342. The van der Waals surface area contributed by atoms with Crippen LogP contribution in [0.2, 0.25) is 0 Å². The number of anilines is 1. The zero-order chi connectivity index (χ0) is 19.9. The zero-order valence-corrected chi connectivity index (χ0v) is 17.2. The van der Waals surface area contributed by atoms with Crippen LogP contribution >= 0.6 is 11.5 Å². The van der Waals surface area contributed by atoms with Crippen molar-refractivity contribution in [1.82, 2.24) is 14.3 Å². The Hall–Kier alpha value is -2.48. The third-order valence-electron chi connectivity index (χ3n) is 4.76. The van der Waals surface area contributed by atoms with E-state index in [9.17, 15) is 9.59 Å². The number of esters is 1. The monoisotopic (exact) mass is 402 g/mol. The number of amides is 1. The molecule has 0 spiro atoms. The van der Waals surface area contributed by atoms with Gasteiger partial charge in [0.2, 0.25) is 11.0 Å². The van der Waals surface area contributed by atoms with Crippen molar-refractivity contribution in [3.63, 3.8) is 0 Å². The Morgan fingerprint density at radius 3 is 2.86 bits per heavy atom. The van der Waals surface area contributed by atoms with Crippen LogP contribution in [0.4, 0.5) is 5.13 Å². The number of carbonyl (C=O) groups is 2. The first-order chi connectivity index (χ1) is 13.6. The van der Waals surface area contributed by atoms with Gasteiger partial charge in [-0.2, -0.15) is 4.37 Å². The van der Waals surface area contributed by atoms with Gasteiger partial charge in [0, 0.05) is 38.1 Å². The van der Waals surface area contributed by atoms with Crippen LogP contribution in [0.5, 0.6) is 0 Å². The van der Waals surface area contributed by atoms with Crippen molar-refractivity contribution in [2.75, 3.05) is 38.2 Å². The minimum Gasteiger partial charge on any atom is -0.466 e. The molecule has 0 radical (unpaired) electrons. The second-order valence-corrected chi connectivity index (χ2v) is 7.67. The maximum Gasteiger partial charge on any atom is 0.310 e. The van der Waals surface area contributed by atoms with Crippen LogP contribution < -0.4 is 4.90 Å². The van der Waals surface area contributed by atoms with Crippen LogP contribution in [0.1, 0.15) is 31.2 Å². The van der Waals surface area contributed by atoms with Crippen LogP contribution in [0.25, 0.3) is 0 Å². The summed E-state index contributed by atoms with van der Waals surface area (Å²) in [5.74, 6) is 0.326. The van der Waals surface area contributed by atoms with E-state index in [1.165, 1.54) is 11.5 Å². The number of ether oxygens (including phenoxy) is 1. The van der Waals surface area contributed by atoms with E-state index < -0.39 is 0 Å². The maximum absolute atomic E-state index is 12.7. The van der Waals surface area contributed by atoms with Gasteiger partial charge in [0.15, 0.2) is 0 Å². The molecule has 1 aromatic heterocycles. The lowest BCUT2D eigenvalue weighted by Crippen LogP contribution is -2.46. The molecule has 3 rings (SSSR count). The van der Waals surface area contributed by atoms with Crippen LogP contribution in [0.3, 0.4) is 0 Å². The average Bonchev–Trinajstić information content (AvgIpc) is 3.17. The molecule has 1 aromatic carbocycles. The Kier molecular flexibility index (Phi) is 6.97. The maximum atomic E-state index is 12.7. The molecule has 1 aliphatic heterocycles. The smallest absolute Gasteiger partial charge is 0.310 e. The quantitative estimate of drug-likeness (QED) is 0.662. The van der Waals surface area contributed by atoms with Gasteiger partial charge in [0.1, 0.15) is 5.82 Å². The summed E-state index contributed by atoms with van der Waals surface area (Å²) in [6, 6.07) is 10.1. The molecule has 2 aromatic rings. The van der Waals surface area contributed by atoms with E-state index in [1.54, 1.807) is 11.8 Å². The standard InChI is InChI=1S/C20H26N4O3S/c1-3-27-19(26)16-10-7-11-24(13-16)18(25)14-23(2)20-21-17(22-28-20)12-15-8-5-4-6-9-15/h4-6,8-9,16H,3,7,10-14H2,1-2H3/t16-/m1/s1. The molecule has 0 aliphatic carbocycles. The fourth-order valence-corrected chi connectivity index (χ4v) is 3.92. The van der Waals surface area contributed by atoms with Crippen molar-refractivity contribution in [1.29, 1.82) is 0 Å². The third-order valence-corrected chi connectivity index (χ3v) is 5.62. The highest BCUT2D eigenvalue weighted by Crippen LogP contribution is 2.20. The highest BCUT2D eigenvalue weighted by molar-refractivity contribution is 7.09. The molecule has 2 heterocycles. The summed E-state index contributed by atoms with van der Waals surface area (Å²) >= 11 is 1.30. The molecular formula is C20H26N4O3S. The molecule has 0 N–H and O–H groups in total. The second kappa shape index (κ2) is 9.64. The molecule has 28 heavy (non-hydrogen) atoms. The number of likely N-dealkylation sites (N-methyl/N-ethyl adjacent to an activating group) is 1. The molecule has 1 fully saturated rings. The number of hydrogen-bond donors (Lipinski definition) is 0. The molecule has 1 amide bonds. The Morgan fingerprint density at radius 2 is 2.11 bits per heavy atom. The van der Waals surface area contributed by atoms with Gasteiger partial charge in [0.25, 0.3) is 0 Å². The Labute approximate surface area is 169 Å². The highest BCUT2D eigenvalue weighted by atomic mass is 32.1. The number of nitrogens with zero attached hydrogens (tertiary/aromatic N) is 4. The number of carbonyl (C=O) groups excluding carboxylic acids is 2. The Balaban J connectivity index is 1.54. The fourth-order valence-electron chi connectivity index (χ4n) is 3.28.